The Hall–Kier alpha value is -2.71. The topological polar surface area (TPSA) is 111 Å². The van der Waals surface area contributed by atoms with Gasteiger partial charge in [0.15, 0.2) is 0 Å². The summed E-state index contributed by atoms with van der Waals surface area (Å²) in [6.45, 7) is 10.5. The van der Waals surface area contributed by atoms with Crippen LogP contribution in [0.4, 0.5) is 0 Å². The maximum absolute atomic E-state index is 10.9. The van der Waals surface area contributed by atoms with Crippen molar-refractivity contribution in [3.05, 3.63) is 39.8 Å². The highest BCUT2D eigenvalue weighted by Gasteiger charge is 2.19. The smallest absolute Gasteiger partial charge is 0.268 e. The van der Waals surface area contributed by atoms with Crippen LogP contribution in [0.5, 0.6) is 5.75 Å². The zero-order chi connectivity index (χ0) is 23.4. The molecule has 7 nitrogen and oxygen atoms in total. The summed E-state index contributed by atoms with van der Waals surface area (Å²) in [4.78, 5) is 16.5. The number of aliphatic hydroxyl groups is 1. The second kappa shape index (κ2) is 10.3. The van der Waals surface area contributed by atoms with Crippen LogP contribution in [0.15, 0.2) is 22.0 Å². The first-order chi connectivity index (χ1) is 15.2. The van der Waals surface area contributed by atoms with Crippen LogP contribution in [0.1, 0.15) is 48.9 Å². The molecule has 0 fully saturated rings. The largest absolute Gasteiger partial charge is 0.490 e. The van der Waals surface area contributed by atoms with Gasteiger partial charge in [-0.05, 0) is 79.3 Å². The van der Waals surface area contributed by atoms with Crippen LogP contribution in [-0.2, 0) is 11.2 Å². The van der Waals surface area contributed by atoms with Gasteiger partial charge in [0.2, 0.25) is 11.7 Å². The van der Waals surface area contributed by atoms with Crippen molar-refractivity contribution >= 4 is 17.2 Å². The Balaban J connectivity index is 1.75. The summed E-state index contributed by atoms with van der Waals surface area (Å²) in [6.07, 6.45) is 0.679. The highest BCUT2D eigenvalue weighted by Crippen LogP contribution is 2.35. The molecule has 3 aromatic rings. The molecule has 1 atom stereocenters. The molecule has 3 rings (SSSR count). The maximum Gasteiger partial charge on any atom is 0.268 e. The summed E-state index contributed by atoms with van der Waals surface area (Å²) in [7, 11) is 0. The van der Waals surface area contributed by atoms with Crippen molar-refractivity contribution in [3.63, 3.8) is 0 Å². The van der Waals surface area contributed by atoms with Crippen molar-refractivity contribution in [1.82, 2.24) is 10.1 Å². The Morgan fingerprint density at radius 2 is 1.94 bits per heavy atom. The number of carbonyl (C=O) groups is 1. The van der Waals surface area contributed by atoms with Crippen LogP contribution in [0.2, 0.25) is 0 Å². The maximum atomic E-state index is 10.9. The van der Waals surface area contributed by atoms with Crippen molar-refractivity contribution in [2.45, 2.75) is 60.0 Å². The summed E-state index contributed by atoms with van der Waals surface area (Å²) in [6, 6.07) is 3.89. The Bertz CT molecular complexity index is 1060. The summed E-state index contributed by atoms with van der Waals surface area (Å²) in [5, 5.41) is 16.4. The van der Waals surface area contributed by atoms with Crippen molar-refractivity contribution in [1.29, 1.82) is 0 Å². The molecule has 0 saturated heterocycles. The van der Waals surface area contributed by atoms with Crippen molar-refractivity contribution < 1.29 is 19.2 Å². The monoisotopic (exact) mass is 457 g/mol. The average molecular weight is 458 g/mol. The van der Waals surface area contributed by atoms with Gasteiger partial charge in [-0.25, -0.2) is 0 Å². The number of hydrogen-bond donors (Lipinski definition) is 2. The Kier molecular flexibility index (Phi) is 7.69. The molecule has 1 amide bonds. The molecular formula is C24H31N3O4S. The molecule has 2 heterocycles. The van der Waals surface area contributed by atoms with E-state index in [2.05, 4.69) is 36.3 Å². The van der Waals surface area contributed by atoms with Gasteiger partial charge >= 0.3 is 0 Å². The number of aliphatic hydroxyl groups excluding tert-OH is 1. The number of ether oxygens (including phenoxy) is 1. The lowest BCUT2D eigenvalue weighted by Crippen LogP contribution is -2.21. The van der Waals surface area contributed by atoms with Crippen LogP contribution in [-0.4, -0.2) is 33.9 Å². The zero-order valence-corrected chi connectivity index (χ0v) is 20.1. The minimum Gasteiger partial charge on any atom is -0.490 e. The minimum atomic E-state index is -0.754. The molecule has 0 unspecified atom stereocenters. The minimum absolute atomic E-state index is 0.0943. The van der Waals surface area contributed by atoms with Crippen LogP contribution >= 0.6 is 11.3 Å². The lowest BCUT2D eigenvalue weighted by atomic mass is 10.0. The fourth-order valence-electron chi connectivity index (χ4n) is 3.62. The van der Waals surface area contributed by atoms with Gasteiger partial charge in [-0.2, -0.15) is 4.98 Å². The predicted molar refractivity (Wildman–Crippen MR) is 126 cm³/mol. The lowest BCUT2D eigenvalue weighted by Gasteiger charge is -2.16. The number of nitrogens with two attached hydrogens (primary N) is 1. The Morgan fingerprint density at radius 1 is 1.25 bits per heavy atom. The van der Waals surface area contributed by atoms with E-state index in [1.807, 2.05) is 26.0 Å². The van der Waals surface area contributed by atoms with E-state index in [1.165, 1.54) is 11.1 Å². The number of nitrogens with zero attached hydrogens (tertiary/aromatic N) is 2. The van der Waals surface area contributed by atoms with Gasteiger partial charge in [-0.15, -0.1) is 11.3 Å². The van der Waals surface area contributed by atoms with Gasteiger partial charge in [-0.3, -0.25) is 4.79 Å². The van der Waals surface area contributed by atoms with Gasteiger partial charge in [0, 0.05) is 12.0 Å². The molecule has 32 heavy (non-hydrogen) atoms. The van der Waals surface area contributed by atoms with Crippen molar-refractivity contribution in [3.8, 4) is 27.9 Å². The lowest BCUT2D eigenvalue weighted by molar-refractivity contribution is -0.118. The van der Waals surface area contributed by atoms with Crippen LogP contribution in [0.25, 0.3) is 22.2 Å². The average Bonchev–Trinajstić information content (AvgIpc) is 3.32. The molecule has 8 heteroatoms. The van der Waals surface area contributed by atoms with E-state index in [0.717, 1.165) is 28.0 Å². The molecular weight excluding hydrogens is 426 g/mol. The third-order valence-corrected chi connectivity index (χ3v) is 6.37. The van der Waals surface area contributed by atoms with E-state index in [-0.39, 0.29) is 19.4 Å². The molecule has 0 aliphatic carbocycles. The number of thiophene rings is 1. The number of aryl methyl sites for hydroxylation is 2. The first-order valence-corrected chi connectivity index (χ1v) is 11.7. The highest BCUT2D eigenvalue weighted by molar-refractivity contribution is 7.13. The number of aromatic nitrogens is 2. The molecule has 0 aliphatic heterocycles. The van der Waals surface area contributed by atoms with Crippen LogP contribution < -0.4 is 10.5 Å². The SMILES string of the molecule is Cc1cc(-c2noc(-c3scc(CC(C)C)c3C)n2)cc(C)c1OC[C@H](O)CCC(N)=O. The summed E-state index contributed by atoms with van der Waals surface area (Å²) >= 11 is 1.63. The Labute approximate surface area is 192 Å². The summed E-state index contributed by atoms with van der Waals surface area (Å²) < 4.78 is 11.4. The number of amides is 1. The number of primary amides is 1. The number of rotatable bonds is 10. The molecule has 0 radical (unpaired) electrons. The van der Waals surface area contributed by atoms with Gasteiger partial charge in [-0.1, -0.05) is 19.0 Å². The van der Waals surface area contributed by atoms with E-state index in [0.29, 0.717) is 23.4 Å². The first kappa shape index (κ1) is 23.9. The molecule has 0 bridgehead atoms. The molecule has 0 aliphatic rings. The summed E-state index contributed by atoms with van der Waals surface area (Å²) in [5.74, 6) is 1.91. The van der Waals surface area contributed by atoms with Gasteiger partial charge in [0.1, 0.15) is 12.4 Å². The predicted octanol–water partition coefficient (Wildman–Crippen LogP) is 4.59. The van der Waals surface area contributed by atoms with E-state index in [9.17, 15) is 9.90 Å². The normalized spacial score (nSPS) is 12.3. The number of benzene rings is 1. The molecule has 2 aromatic heterocycles. The highest BCUT2D eigenvalue weighted by atomic mass is 32.1. The quantitative estimate of drug-likeness (QED) is 0.460. The van der Waals surface area contributed by atoms with E-state index in [4.69, 9.17) is 15.0 Å². The standard InChI is InChI=1S/C24H31N3O4S/c1-13(2)8-18-12-32-22(16(18)5)24-26-23(27-31-24)17-9-14(3)21(15(4)10-17)30-11-19(28)6-7-20(25)29/h9-10,12-13,19,28H,6-8,11H2,1-5H3,(H2,25,29)/t19-/m1/s1. The van der Waals surface area contributed by atoms with Crippen molar-refractivity contribution in [2.24, 2.45) is 11.7 Å². The van der Waals surface area contributed by atoms with E-state index in [1.54, 1.807) is 11.3 Å². The van der Waals surface area contributed by atoms with Gasteiger partial charge < -0.3 is 20.1 Å². The second-order valence-corrected chi connectivity index (χ2v) is 9.52. The first-order valence-electron chi connectivity index (χ1n) is 10.8. The molecule has 1 aromatic carbocycles. The van der Waals surface area contributed by atoms with E-state index < -0.39 is 12.0 Å². The molecule has 0 saturated carbocycles. The van der Waals surface area contributed by atoms with E-state index >= 15 is 0 Å². The van der Waals surface area contributed by atoms with Gasteiger partial charge in [0.05, 0.1) is 11.0 Å². The fraction of sp³-hybridized carbons (Fsp3) is 0.458. The zero-order valence-electron chi connectivity index (χ0n) is 19.3. The second-order valence-electron chi connectivity index (χ2n) is 8.65. The third kappa shape index (κ3) is 5.75. The van der Waals surface area contributed by atoms with Gasteiger partial charge in [0.25, 0.3) is 5.89 Å². The Morgan fingerprint density at radius 3 is 2.56 bits per heavy atom. The summed E-state index contributed by atoms with van der Waals surface area (Å²) in [5.41, 5.74) is 10.3. The molecule has 0 spiro atoms. The molecule has 172 valence electrons. The fourth-order valence-corrected chi connectivity index (χ4v) is 4.64. The van der Waals surface area contributed by atoms with Crippen LogP contribution in [0.3, 0.4) is 0 Å². The number of carbonyl (C=O) groups excluding carboxylic acids is 1. The van der Waals surface area contributed by atoms with Crippen LogP contribution in [0, 0.1) is 26.7 Å². The van der Waals surface area contributed by atoms with Crippen molar-refractivity contribution in [2.75, 3.05) is 6.61 Å². The molecule has 3 N–H and O–H groups in total. The third-order valence-electron chi connectivity index (χ3n) is 5.25. The number of hydrogen-bond acceptors (Lipinski definition) is 7.